The van der Waals surface area contributed by atoms with E-state index in [2.05, 4.69) is 50.9 Å². The quantitative estimate of drug-likeness (QED) is 0.931. The summed E-state index contributed by atoms with van der Waals surface area (Å²) in [6.07, 6.45) is 4.57. The van der Waals surface area contributed by atoms with Gasteiger partial charge in [0.15, 0.2) is 0 Å². The minimum absolute atomic E-state index is 0.327. The van der Waals surface area contributed by atoms with Crippen LogP contribution < -0.4 is 5.32 Å². The molecule has 0 unspecified atom stereocenters. The molecule has 3 heterocycles. The summed E-state index contributed by atoms with van der Waals surface area (Å²) in [6.45, 7) is 12.1. The van der Waals surface area contributed by atoms with Gasteiger partial charge in [0.1, 0.15) is 11.6 Å². The highest BCUT2D eigenvalue weighted by Crippen LogP contribution is 2.29. The molecule has 24 heavy (non-hydrogen) atoms. The summed E-state index contributed by atoms with van der Waals surface area (Å²) in [7, 11) is 0. The van der Waals surface area contributed by atoms with E-state index in [0.29, 0.717) is 17.3 Å². The summed E-state index contributed by atoms with van der Waals surface area (Å²) in [5, 5.41) is 3.17. The monoisotopic (exact) mass is 326 g/mol. The largest absolute Gasteiger partial charge is 0.309 e. The molecular weight excluding hydrogens is 300 g/mol. The third-order valence-corrected chi connectivity index (χ3v) is 4.05. The van der Waals surface area contributed by atoms with Gasteiger partial charge >= 0.3 is 0 Å². The van der Waals surface area contributed by atoms with Gasteiger partial charge in [-0.3, -0.25) is 0 Å². The van der Waals surface area contributed by atoms with Crippen molar-refractivity contribution in [3.63, 3.8) is 0 Å². The van der Waals surface area contributed by atoms with E-state index in [9.17, 15) is 0 Å². The maximum absolute atomic E-state index is 4.67. The number of hydrogen-bond donors (Lipinski definition) is 1. The third-order valence-electron chi connectivity index (χ3n) is 4.05. The van der Waals surface area contributed by atoms with Crippen molar-refractivity contribution in [2.24, 2.45) is 5.41 Å². The molecule has 6 heteroatoms. The standard InChI is InChI=1S/C18H26N6/c1-13-21-15(14-6-9-24(11-14)12-18(2,3)4)10-16(22-13)23-17-19-7-5-8-20-17/h5,7-8,10,14H,6,9,11-12H2,1-4H3,(H,19,20,21,22,23)/t14-/m1/s1. The van der Waals surface area contributed by atoms with Crippen LogP contribution in [0.1, 0.15) is 44.6 Å². The molecule has 0 saturated carbocycles. The average Bonchev–Trinajstić information content (AvgIpc) is 2.94. The lowest BCUT2D eigenvalue weighted by Gasteiger charge is -2.26. The maximum atomic E-state index is 4.67. The van der Waals surface area contributed by atoms with Gasteiger partial charge in [0.2, 0.25) is 5.95 Å². The van der Waals surface area contributed by atoms with Crippen molar-refractivity contribution in [3.05, 3.63) is 36.0 Å². The fourth-order valence-electron chi connectivity index (χ4n) is 3.23. The van der Waals surface area contributed by atoms with Crippen molar-refractivity contribution >= 4 is 11.8 Å². The minimum atomic E-state index is 0.327. The van der Waals surface area contributed by atoms with Crippen LogP contribution in [0.15, 0.2) is 24.5 Å². The Labute approximate surface area is 143 Å². The van der Waals surface area contributed by atoms with Crippen molar-refractivity contribution < 1.29 is 0 Å². The van der Waals surface area contributed by atoms with Crippen LogP contribution in [-0.2, 0) is 0 Å². The molecule has 1 aliphatic heterocycles. The SMILES string of the molecule is Cc1nc(Nc2ncccn2)cc([C@@H]2CCN(CC(C)(C)C)C2)n1. The zero-order chi connectivity index (χ0) is 17.2. The first-order valence-corrected chi connectivity index (χ1v) is 8.51. The number of rotatable bonds is 4. The van der Waals surface area contributed by atoms with E-state index in [0.717, 1.165) is 43.4 Å². The van der Waals surface area contributed by atoms with Crippen molar-refractivity contribution in [1.29, 1.82) is 0 Å². The van der Waals surface area contributed by atoms with E-state index in [1.54, 1.807) is 18.5 Å². The zero-order valence-electron chi connectivity index (χ0n) is 15.0. The first kappa shape index (κ1) is 16.8. The second-order valence-electron chi connectivity index (χ2n) is 7.70. The Bertz CT molecular complexity index is 680. The predicted molar refractivity (Wildman–Crippen MR) is 95.3 cm³/mol. The molecule has 1 saturated heterocycles. The topological polar surface area (TPSA) is 66.8 Å². The molecule has 0 aromatic carbocycles. The van der Waals surface area contributed by atoms with Crippen LogP contribution in [0.4, 0.5) is 11.8 Å². The van der Waals surface area contributed by atoms with Gasteiger partial charge < -0.3 is 10.2 Å². The van der Waals surface area contributed by atoms with Crippen molar-refractivity contribution in [2.75, 3.05) is 25.0 Å². The van der Waals surface area contributed by atoms with E-state index in [4.69, 9.17) is 0 Å². The lowest BCUT2D eigenvalue weighted by Crippen LogP contribution is -2.30. The Kier molecular flexibility index (Phi) is 4.76. The molecule has 0 radical (unpaired) electrons. The number of nitrogens with one attached hydrogen (secondary N) is 1. The number of nitrogens with zero attached hydrogens (tertiary/aromatic N) is 5. The second-order valence-corrected chi connectivity index (χ2v) is 7.70. The molecule has 128 valence electrons. The number of hydrogen-bond acceptors (Lipinski definition) is 6. The van der Waals surface area contributed by atoms with E-state index in [1.807, 2.05) is 13.0 Å². The predicted octanol–water partition coefficient (Wildman–Crippen LogP) is 3.15. The Morgan fingerprint density at radius 3 is 2.67 bits per heavy atom. The van der Waals surface area contributed by atoms with Crippen molar-refractivity contribution in [3.8, 4) is 0 Å². The van der Waals surface area contributed by atoms with E-state index in [-0.39, 0.29) is 0 Å². The van der Waals surface area contributed by atoms with Crippen LogP contribution in [0, 0.1) is 12.3 Å². The summed E-state index contributed by atoms with van der Waals surface area (Å²) in [5.74, 6) is 2.56. The van der Waals surface area contributed by atoms with Crippen LogP contribution in [-0.4, -0.2) is 44.5 Å². The van der Waals surface area contributed by atoms with E-state index < -0.39 is 0 Å². The first-order valence-electron chi connectivity index (χ1n) is 8.51. The van der Waals surface area contributed by atoms with Crippen molar-refractivity contribution in [2.45, 2.75) is 40.0 Å². The molecule has 0 amide bonds. The van der Waals surface area contributed by atoms with Gasteiger partial charge in [-0.1, -0.05) is 20.8 Å². The summed E-state index contributed by atoms with van der Waals surface area (Å²) in [4.78, 5) is 20.1. The van der Waals surface area contributed by atoms with E-state index in [1.165, 1.54) is 0 Å². The lowest BCUT2D eigenvalue weighted by molar-refractivity contribution is 0.225. The van der Waals surface area contributed by atoms with E-state index >= 15 is 0 Å². The fraction of sp³-hybridized carbons (Fsp3) is 0.556. The Morgan fingerprint density at radius 2 is 1.96 bits per heavy atom. The number of aryl methyl sites for hydroxylation is 1. The summed E-state index contributed by atoms with van der Waals surface area (Å²) in [5.41, 5.74) is 1.44. The molecule has 2 aromatic heterocycles. The first-order chi connectivity index (χ1) is 11.4. The highest BCUT2D eigenvalue weighted by molar-refractivity contribution is 5.48. The molecule has 3 rings (SSSR count). The van der Waals surface area contributed by atoms with Gasteiger partial charge in [-0.25, -0.2) is 19.9 Å². The molecule has 2 aromatic rings. The third kappa shape index (κ3) is 4.47. The van der Waals surface area contributed by atoms with Crippen molar-refractivity contribution in [1.82, 2.24) is 24.8 Å². The molecule has 1 atom stereocenters. The number of anilines is 2. The summed E-state index contributed by atoms with van der Waals surface area (Å²) in [6, 6.07) is 3.83. The van der Waals surface area contributed by atoms with Gasteiger partial charge in [0, 0.05) is 37.5 Å². The minimum Gasteiger partial charge on any atom is -0.309 e. The average molecular weight is 326 g/mol. The van der Waals surface area contributed by atoms with Gasteiger partial charge in [0.25, 0.3) is 0 Å². The lowest BCUT2D eigenvalue weighted by atomic mass is 9.96. The molecular formula is C18H26N6. The highest BCUT2D eigenvalue weighted by atomic mass is 15.2. The van der Waals surface area contributed by atoms with Crippen LogP contribution in [0.25, 0.3) is 0 Å². The Morgan fingerprint density at radius 1 is 1.21 bits per heavy atom. The highest BCUT2D eigenvalue weighted by Gasteiger charge is 2.28. The molecule has 6 nitrogen and oxygen atoms in total. The number of likely N-dealkylation sites (tertiary alicyclic amines) is 1. The zero-order valence-corrected chi connectivity index (χ0v) is 15.0. The molecule has 0 spiro atoms. The molecule has 1 N–H and O–H groups in total. The Balaban J connectivity index is 1.72. The van der Waals surface area contributed by atoms with Gasteiger partial charge in [-0.05, 0) is 31.4 Å². The van der Waals surface area contributed by atoms with Crippen LogP contribution in [0.5, 0.6) is 0 Å². The summed E-state index contributed by atoms with van der Waals surface area (Å²) < 4.78 is 0. The van der Waals surface area contributed by atoms with Gasteiger partial charge in [-0.2, -0.15) is 0 Å². The summed E-state index contributed by atoms with van der Waals surface area (Å²) >= 11 is 0. The number of aromatic nitrogens is 4. The van der Waals surface area contributed by atoms with Crippen LogP contribution >= 0.6 is 0 Å². The van der Waals surface area contributed by atoms with Crippen LogP contribution in [0.3, 0.4) is 0 Å². The van der Waals surface area contributed by atoms with Gasteiger partial charge in [0.05, 0.1) is 5.69 Å². The molecule has 0 bridgehead atoms. The molecule has 0 aliphatic carbocycles. The van der Waals surface area contributed by atoms with Crippen LogP contribution in [0.2, 0.25) is 0 Å². The molecule has 1 aliphatic rings. The maximum Gasteiger partial charge on any atom is 0.228 e. The van der Waals surface area contributed by atoms with Gasteiger partial charge in [-0.15, -0.1) is 0 Å². The molecule has 1 fully saturated rings. The normalized spacial score (nSPS) is 18.8. The second kappa shape index (κ2) is 6.81. The Hall–Kier alpha value is -2.08. The fourth-order valence-corrected chi connectivity index (χ4v) is 3.23. The smallest absolute Gasteiger partial charge is 0.228 e.